The third-order valence-corrected chi connectivity index (χ3v) is 2.57. The van der Waals surface area contributed by atoms with Gasteiger partial charge >= 0.3 is 7.12 Å². The van der Waals surface area contributed by atoms with Gasteiger partial charge in [-0.1, -0.05) is 13.8 Å². The topological polar surface area (TPSA) is 31.4 Å². The molecule has 0 unspecified atom stereocenters. The van der Waals surface area contributed by atoms with Gasteiger partial charge < -0.3 is 9.31 Å². The summed E-state index contributed by atoms with van der Waals surface area (Å²) in [6.45, 7) is 7.78. The van der Waals surface area contributed by atoms with Gasteiger partial charge in [-0.2, -0.15) is 0 Å². The van der Waals surface area contributed by atoms with Crippen molar-refractivity contribution in [1.29, 1.82) is 0 Å². The fourth-order valence-electron chi connectivity index (χ4n) is 1.62. The van der Waals surface area contributed by atoms with E-state index in [0.29, 0.717) is 0 Å². The molecule has 0 radical (unpaired) electrons. The van der Waals surface area contributed by atoms with Crippen molar-refractivity contribution in [3.63, 3.8) is 0 Å². The number of nitrogens with zero attached hydrogens (tertiary/aromatic N) is 1. The van der Waals surface area contributed by atoms with Crippen LogP contribution in [0.25, 0.3) is 0 Å². The molecule has 0 atom stereocenters. The quantitative estimate of drug-likeness (QED) is 0.644. The molecule has 1 aromatic rings. The standard InChI is InChI=1S/C11H16BNO2/c1-9-6-13-5-4-10(9)12-14-7-11(2,3)8-15-12/h4-6H,7-8H2,1-3H3. The van der Waals surface area contributed by atoms with Crippen LogP contribution >= 0.6 is 0 Å². The van der Waals surface area contributed by atoms with Crippen LogP contribution in [0, 0.1) is 12.3 Å². The van der Waals surface area contributed by atoms with Crippen LogP contribution in [0.2, 0.25) is 0 Å². The minimum absolute atomic E-state index is 0.122. The summed E-state index contributed by atoms with van der Waals surface area (Å²) in [6, 6.07) is 1.96. The Bertz CT molecular complexity index is 344. The maximum atomic E-state index is 5.71. The molecule has 0 amide bonds. The van der Waals surface area contributed by atoms with Crippen LogP contribution in [-0.4, -0.2) is 25.3 Å². The molecule has 2 heterocycles. The first kappa shape index (κ1) is 10.6. The van der Waals surface area contributed by atoms with Gasteiger partial charge in [0.05, 0.1) is 0 Å². The Morgan fingerprint density at radius 3 is 2.60 bits per heavy atom. The average molecular weight is 205 g/mol. The lowest BCUT2D eigenvalue weighted by molar-refractivity contribution is 0.0342. The molecule has 1 aromatic heterocycles. The largest absolute Gasteiger partial charge is 0.494 e. The summed E-state index contributed by atoms with van der Waals surface area (Å²) in [7, 11) is -0.221. The second-order valence-electron chi connectivity index (χ2n) is 4.85. The lowest BCUT2D eigenvalue weighted by Crippen LogP contribution is -2.48. The first-order valence-corrected chi connectivity index (χ1v) is 5.22. The molecule has 1 fully saturated rings. The number of pyridine rings is 1. The number of aryl methyl sites for hydroxylation is 1. The van der Waals surface area contributed by atoms with E-state index >= 15 is 0 Å². The van der Waals surface area contributed by atoms with Crippen molar-refractivity contribution >= 4 is 12.6 Å². The highest BCUT2D eigenvalue weighted by Gasteiger charge is 2.33. The smallest absolute Gasteiger partial charge is 0.407 e. The van der Waals surface area contributed by atoms with Gasteiger partial charge in [0.15, 0.2) is 0 Å². The predicted molar refractivity (Wildman–Crippen MR) is 60.0 cm³/mol. The van der Waals surface area contributed by atoms with Crippen molar-refractivity contribution in [2.75, 3.05) is 13.2 Å². The molecule has 3 nitrogen and oxygen atoms in total. The Labute approximate surface area is 91.0 Å². The van der Waals surface area contributed by atoms with E-state index in [0.717, 1.165) is 24.2 Å². The molecule has 80 valence electrons. The van der Waals surface area contributed by atoms with Crippen molar-refractivity contribution in [2.45, 2.75) is 20.8 Å². The van der Waals surface area contributed by atoms with Crippen LogP contribution in [-0.2, 0) is 9.31 Å². The van der Waals surface area contributed by atoms with E-state index in [1.807, 2.05) is 19.2 Å². The second kappa shape index (κ2) is 3.95. The monoisotopic (exact) mass is 205 g/mol. The van der Waals surface area contributed by atoms with Crippen molar-refractivity contribution in [3.8, 4) is 0 Å². The normalized spacial score (nSPS) is 20.3. The van der Waals surface area contributed by atoms with E-state index in [-0.39, 0.29) is 12.5 Å². The van der Waals surface area contributed by atoms with Crippen LogP contribution < -0.4 is 5.46 Å². The molecular weight excluding hydrogens is 189 g/mol. The van der Waals surface area contributed by atoms with Gasteiger partial charge in [0.2, 0.25) is 0 Å². The molecule has 0 bridgehead atoms. The molecule has 0 spiro atoms. The highest BCUT2D eigenvalue weighted by molar-refractivity contribution is 6.61. The summed E-state index contributed by atoms with van der Waals surface area (Å²) in [5.74, 6) is 0. The molecule has 2 rings (SSSR count). The molecule has 1 saturated heterocycles. The molecule has 1 aliphatic heterocycles. The first-order valence-electron chi connectivity index (χ1n) is 5.22. The first-order chi connectivity index (χ1) is 7.08. The summed E-state index contributed by atoms with van der Waals surface area (Å²) >= 11 is 0. The third kappa shape index (κ3) is 2.38. The van der Waals surface area contributed by atoms with Gasteiger partial charge in [0, 0.05) is 31.0 Å². The molecular formula is C11H16BNO2. The lowest BCUT2D eigenvalue weighted by Gasteiger charge is -2.33. The molecule has 0 aromatic carbocycles. The van der Waals surface area contributed by atoms with Crippen molar-refractivity contribution < 1.29 is 9.31 Å². The molecule has 1 aliphatic rings. The van der Waals surface area contributed by atoms with Gasteiger partial charge in [-0.05, 0) is 24.0 Å². The van der Waals surface area contributed by atoms with Crippen LogP contribution in [0.5, 0.6) is 0 Å². The highest BCUT2D eigenvalue weighted by Crippen LogP contribution is 2.21. The fourth-order valence-corrected chi connectivity index (χ4v) is 1.62. The van der Waals surface area contributed by atoms with Gasteiger partial charge in [-0.15, -0.1) is 0 Å². The van der Waals surface area contributed by atoms with Crippen LogP contribution in [0.3, 0.4) is 0 Å². The predicted octanol–water partition coefficient (Wildman–Crippen LogP) is 1.16. The van der Waals surface area contributed by atoms with E-state index in [9.17, 15) is 0 Å². The van der Waals surface area contributed by atoms with Crippen LogP contribution in [0.15, 0.2) is 18.5 Å². The minimum atomic E-state index is -0.221. The molecule has 0 saturated carbocycles. The van der Waals surface area contributed by atoms with Crippen molar-refractivity contribution in [3.05, 3.63) is 24.0 Å². The van der Waals surface area contributed by atoms with Crippen LogP contribution in [0.1, 0.15) is 19.4 Å². The maximum Gasteiger partial charge on any atom is 0.494 e. The fraction of sp³-hybridized carbons (Fsp3) is 0.545. The third-order valence-electron chi connectivity index (χ3n) is 2.57. The number of aromatic nitrogens is 1. The molecule has 0 aliphatic carbocycles. The Balaban J connectivity index is 2.11. The Kier molecular flexibility index (Phi) is 2.80. The summed E-state index contributed by atoms with van der Waals surface area (Å²) in [4.78, 5) is 4.06. The van der Waals surface area contributed by atoms with Crippen LogP contribution in [0.4, 0.5) is 0 Å². The highest BCUT2D eigenvalue weighted by atomic mass is 16.6. The van der Waals surface area contributed by atoms with Gasteiger partial charge in [0.1, 0.15) is 0 Å². The van der Waals surface area contributed by atoms with Gasteiger partial charge in [0.25, 0.3) is 0 Å². The van der Waals surface area contributed by atoms with Gasteiger partial charge in [-0.3, -0.25) is 4.98 Å². The minimum Gasteiger partial charge on any atom is -0.407 e. The summed E-state index contributed by atoms with van der Waals surface area (Å²) in [6.07, 6.45) is 3.61. The number of hydrogen-bond donors (Lipinski definition) is 0. The molecule has 15 heavy (non-hydrogen) atoms. The lowest BCUT2D eigenvalue weighted by atomic mass is 9.74. The number of rotatable bonds is 1. The maximum absolute atomic E-state index is 5.71. The summed E-state index contributed by atoms with van der Waals surface area (Å²) < 4.78 is 11.4. The average Bonchev–Trinajstić information content (AvgIpc) is 2.19. The van der Waals surface area contributed by atoms with Crippen molar-refractivity contribution in [1.82, 2.24) is 4.98 Å². The number of hydrogen-bond acceptors (Lipinski definition) is 3. The Morgan fingerprint density at radius 1 is 1.33 bits per heavy atom. The summed E-state index contributed by atoms with van der Waals surface area (Å²) in [5.41, 5.74) is 2.32. The van der Waals surface area contributed by atoms with E-state index in [2.05, 4.69) is 18.8 Å². The SMILES string of the molecule is Cc1cnccc1B1OCC(C)(C)CO1. The summed E-state index contributed by atoms with van der Waals surface area (Å²) in [5, 5.41) is 0. The molecule has 0 N–H and O–H groups in total. The van der Waals surface area contributed by atoms with E-state index in [4.69, 9.17) is 9.31 Å². The Hall–Kier alpha value is -0.865. The zero-order valence-corrected chi connectivity index (χ0v) is 9.49. The zero-order chi connectivity index (χ0) is 10.9. The van der Waals surface area contributed by atoms with Crippen molar-refractivity contribution in [2.24, 2.45) is 5.41 Å². The zero-order valence-electron chi connectivity index (χ0n) is 9.49. The van der Waals surface area contributed by atoms with E-state index < -0.39 is 0 Å². The molecule has 4 heteroatoms. The van der Waals surface area contributed by atoms with E-state index in [1.54, 1.807) is 6.20 Å². The van der Waals surface area contributed by atoms with Gasteiger partial charge in [-0.25, -0.2) is 0 Å². The van der Waals surface area contributed by atoms with E-state index in [1.165, 1.54) is 0 Å². The Morgan fingerprint density at radius 2 is 2.00 bits per heavy atom. The second-order valence-corrected chi connectivity index (χ2v) is 4.85.